The second-order valence-corrected chi connectivity index (χ2v) is 5.70. The first-order valence-electron chi connectivity index (χ1n) is 6.11. The third kappa shape index (κ3) is 3.91. The largest absolute Gasteiger partial charge is 0.511 e. The maximum atomic E-state index is 12.0. The van der Waals surface area contributed by atoms with Crippen LogP contribution in [0.5, 0.6) is 0 Å². The number of rotatable bonds is 3. The zero-order chi connectivity index (χ0) is 13.9. The number of methoxy groups -OCH3 is 1. The van der Waals surface area contributed by atoms with Crippen molar-refractivity contribution >= 4 is 6.09 Å². The van der Waals surface area contributed by atoms with E-state index in [4.69, 9.17) is 9.47 Å². The van der Waals surface area contributed by atoms with Crippen LogP contribution in [0.4, 0.5) is 4.79 Å². The molecular formula is C13H23NO4. The Morgan fingerprint density at radius 2 is 2.11 bits per heavy atom. The molecule has 0 aliphatic carbocycles. The van der Waals surface area contributed by atoms with Crippen molar-refractivity contribution in [3.05, 3.63) is 12.3 Å². The van der Waals surface area contributed by atoms with Crippen molar-refractivity contribution in [2.24, 2.45) is 5.92 Å². The molecular weight excluding hydrogens is 234 g/mol. The molecule has 0 aromatic rings. The fraction of sp³-hybridized carbons (Fsp3) is 0.769. The number of ether oxygens (including phenoxy) is 2. The van der Waals surface area contributed by atoms with Crippen molar-refractivity contribution in [2.75, 3.05) is 20.3 Å². The highest BCUT2D eigenvalue weighted by Crippen LogP contribution is 2.28. The summed E-state index contributed by atoms with van der Waals surface area (Å²) in [6.45, 7) is 10.1. The summed E-state index contributed by atoms with van der Waals surface area (Å²) in [4.78, 5) is 13.6. The van der Waals surface area contributed by atoms with E-state index in [-0.39, 0.29) is 17.7 Å². The molecule has 0 aromatic carbocycles. The van der Waals surface area contributed by atoms with Crippen molar-refractivity contribution in [1.29, 1.82) is 0 Å². The molecule has 0 radical (unpaired) electrons. The lowest BCUT2D eigenvalue weighted by Gasteiger charge is -2.28. The van der Waals surface area contributed by atoms with Gasteiger partial charge in [-0.2, -0.15) is 0 Å². The highest BCUT2D eigenvalue weighted by Gasteiger charge is 2.38. The molecule has 5 heteroatoms. The Balaban J connectivity index is 2.72. The Kier molecular flexibility index (Phi) is 4.62. The molecule has 1 rings (SSSR count). The van der Waals surface area contributed by atoms with Gasteiger partial charge in [-0.05, 0) is 27.2 Å². The summed E-state index contributed by atoms with van der Waals surface area (Å²) in [7, 11) is 1.62. The molecule has 1 aliphatic rings. The SMILES string of the molecule is C=C(O)C1CC(COC)CN1C(=O)OC(C)(C)C. The zero-order valence-corrected chi connectivity index (χ0v) is 11.6. The van der Waals surface area contributed by atoms with E-state index in [1.807, 2.05) is 20.8 Å². The molecule has 0 bridgehead atoms. The Morgan fingerprint density at radius 1 is 1.50 bits per heavy atom. The molecule has 0 saturated carbocycles. The molecule has 1 amide bonds. The van der Waals surface area contributed by atoms with Gasteiger partial charge in [-0.3, -0.25) is 4.90 Å². The third-order valence-corrected chi connectivity index (χ3v) is 2.80. The first-order chi connectivity index (χ1) is 8.24. The predicted octanol–water partition coefficient (Wildman–Crippen LogP) is 2.33. The molecule has 0 aromatic heterocycles. The number of carbonyl (C=O) groups is 1. The fourth-order valence-electron chi connectivity index (χ4n) is 2.12. The molecule has 0 spiro atoms. The average molecular weight is 257 g/mol. The summed E-state index contributed by atoms with van der Waals surface area (Å²) < 4.78 is 10.4. The Morgan fingerprint density at radius 3 is 2.56 bits per heavy atom. The van der Waals surface area contributed by atoms with Gasteiger partial charge in [-0.25, -0.2) is 4.79 Å². The van der Waals surface area contributed by atoms with Gasteiger partial charge in [0.1, 0.15) is 11.4 Å². The molecule has 2 unspecified atom stereocenters. The van der Waals surface area contributed by atoms with Crippen LogP contribution >= 0.6 is 0 Å². The van der Waals surface area contributed by atoms with Crippen molar-refractivity contribution in [3.8, 4) is 0 Å². The highest BCUT2D eigenvalue weighted by molar-refractivity contribution is 5.69. The number of nitrogens with zero attached hydrogens (tertiary/aromatic N) is 1. The Bertz CT molecular complexity index is 321. The first kappa shape index (κ1) is 14.8. The maximum absolute atomic E-state index is 12.0. The van der Waals surface area contributed by atoms with E-state index in [0.29, 0.717) is 19.6 Å². The van der Waals surface area contributed by atoms with Crippen molar-refractivity contribution in [2.45, 2.75) is 38.8 Å². The molecule has 1 heterocycles. The summed E-state index contributed by atoms with van der Waals surface area (Å²) >= 11 is 0. The summed E-state index contributed by atoms with van der Waals surface area (Å²) in [6.07, 6.45) is 0.240. The molecule has 2 atom stereocenters. The number of aliphatic hydroxyl groups excluding tert-OH is 1. The van der Waals surface area contributed by atoms with E-state index in [1.54, 1.807) is 7.11 Å². The summed E-state index contributed by atoms with van der Waals surface area (Å²) in [6, 6.07) is -0.375. The average Bonchev–Trinajstić information content (AvgIpc) is 2.59. The van der Waals surface area contributed by atoms with E-state index in [9.17, 15) is 9.90 Å². The van der Waals surface area contributed by atoms with Crippen LogP contribution in [0.15, 0.2) is 12.3 Å². The lowest BCUT2D eigenvalue weighted by molar-refractivity contribution is 0.0213. The number of aliphatic hydroxyl groups is 1. The summed E-state index contributed by atoms with van der Waals surface area (Å²) in [5.41, 5.74) is -0.544. The van der Waals surface area contributed by atoms with E-state index in [2.05, 4.69) is 6.58 Å². The fourth-order valence-corrected chi connectivity index (χ4v) is 2.12. The number of hydrogen-bond acceptors (Lipinski definition) is 4. The summed E-state index contributed by atoms with van der Waals surface area (Å²) in [5, 5.41) is 9.57. The number of carbonyl (C=O) groups excluding carboxylic acids is 1. The van der Waals surface area contributed by atoms with Crippen LogP contribution in [0, 0.1) is 5.92 Å². The van der Waals surface area contributed by atoms with Crippen LogP contribution in [-0.2, 0) is 9.47 Å². The number of amides is 1. The van der Waals surface area contributed by atoms with Crippen molar-refractivity contribution < 1.29 is 19.4 Å². The van der Waals surface area contributed by atoms with Crippen LogP contribution in [-0.4, -0.2) is 48.0 Å². The minimum absolute atomic E-state index is 0.000498. The number of likely N-dealkylation sites (tertiary alicyclic amines) is 1. The second-order valence-electron chi connectivity index (χ2n) is 5.70. The van der Waals surface area contributed by atoms with Gasteiger partial charge in [-0.1, -0.05) is 6.58 Å². The Labute approximate surface area is 108 Å². The topological polar surface area (TPSA) is 59.0 Å². The third-order valence-electron chi connectivity index (χ3n) is 2.80. The van der Waals surface area contributed by atoms with Gasteiger partial charge in [0.2, 0.25) is 0 Å². The summed E-state index contributed by atoms with van der Waals surface area (Å²) in [5.74, 6) is 0.205. The lowest BCUT2D eigenvalue weighted by atomic mass is 10.1. The predicted molar refractivity (Wildman–Crippen MR) is 68.5 cm³/mol. The first-order valence-corrected chi connectivity index (χ1v) is 6.11. The van der Waals surface area contributed by atoms with Crippen molar-refractivity contribution in [1.82, 2.24) is 4.90 Å². The van der Waals surface area contributed by atoms with E-state index in [1.165, 1.54) is 4.90 Å². The van der Waals surface area contributed by atoms with E-state index < -0.39 is 11.7 Å². The van der Waals surface area contributed by atoms with Gasteiger partial charge in [0.05, 0.1) is 12.6 Å². The molecule has 18 heavy (non-hydrogen) atoms. The molecule has 1 fully saturated rings. The maximum Gasteiger partial charge on any atom is 0.410 e. The van der Waals surface area contributed by atoms with Gasteiger partial charge in [0.25, 0.3) is 0 Å². The van der Waals surface area contributed by atoms with Crippen LogP contribution in [0.3, 0.4) is 0 Å². The molecule has 1 saturated heterocycles. The minimum Gasteiger partial charge on any atom is -0.511 e. The minimum atomic E-state index is -0.544. The molecule has 104 valence electrons. The van der Waals surface area contributed by atoms with Crippen LogP contribution in [0.25, 0.3) is 0 Å². The van der Waals surface area contributed by atoms with Crippen LogP contribution < -0.4 is 0 Å². The molecule has 5 nitrogen and oxygen atoms in total. The second kappa shape index (κ2) is 5.61. The highest BCUT2D eigenvalue weighted by atomic mass is 16.6. The van der Waals surface area contributed by atoms with Crippen LogP contribution in [0.1, 0.15) is 27.2 Å². The monoisotopic (exact) mass is 257 g/mol. The molecule has 1 N–H and O–H groups in total. The normalized spacial score (nSPS) is 24.1. The lowest BCUT2D eigenvalue weighted by Crippen LogP contribution is -2.40. The standard InChI is InChI=1S/C13H23NO4/c1-9(15)11-6-10(8-17-5)7-14(11)12(16)18-13(2,3)4/h10-11,15H,1,6-8H2,2-5H3. The zero-order valence-electron chi connectivity index (χ0n) is 11.6. The van der Waals surface area contributed by atoms with E-state index >= 15 is 0 Å². The Hall–Kier alpha value is -1.23. The van der Waals surface area contributed by atoms with Crippen LogP contribution in [0.2, 0.25) is 0 Å². The number of hydrogen-bond donors (Lipinski definition) is 1. The van der Waals surface area contributed by atoms with E-state index in [0.717, 1.165) is 0 Å². The smallest absolute Gasteiger partial charge is 0.410 e. The quantitative estimate of drug-likeness (QED) is 0.788. The van der Waals surface area contributed by atoms with Gasteiger partial charge in [0, 0.05) is 19.6 Å². The van der Waals surface area contributed by atoms with Gasteiger partial charge < -0.3 is 14.6 Å². The molecule has 1 aliphatic heterocycles. The van der Waals surface area contributed by atoms with Gasteiger partial charge in [0.15, 0.2) is 0 Å². The van der Waals surface area contributed by atoms with Crippen molar-refractivity contribution in [3.63, 3.8) is 0 Å². The van der Waals surface area contributed by atoms with Gasteiger partial charge >= 0.3 is 6.09 Å². The van der Waals surface area contributed by atoms with Gasteiger partial charge in [-0.15, -0.1) is 0 Å².